The molecule has 3 aromatic carbocycles. The van der Waals surface area contributed by atoms with Crippen LogP contribution in [0.2, 0.25) is 0 Å². The van der Waals surface area contributed by atoms with Crippen molar-refractivity contribution in [2.75, 3.05) is 6.61 Å². The Morgan fingerprint density at radius 1 is 0.586 bits per heavy atom. The number of hydrogen-bond acceptors (Lipinski definition) is 13. The molecule has 0 aliphatic rings. The summed E-state index contributed by atoms with van der Waals surface area (Å²) >= 11 is 0. The van der Waals surface area contributed by atoms with Crippen molar-refractivity contribution < 1.29 is 66.9 Å². The molecular formula is C53H69N4O13+. The van der Waals surface area contributed by atoms with Gasteiger partial charge in [-0.1, -0.05) is 92.2 Å². The summed E-state index contributed by atoms with van der Waals surface area (Å²) in [6.45, 7) is 12.5. The fraction of sp³-hybridized carbons (Fsp3) is 0.453. The number of para-hydroxylation sites is 1. The number of aryl methyl sites for hydroxylation is 2. The number of carbonyl (C=O) groups excluding carboxylic acids is 6. The minimum atomic E-state index is -1.34. The van der Waals surface area contributed by atoms with Crippen LogP contribution >= 0.6 is 0 Å². The van der Waals surface area contributed by atoms with E-state index in [4.69, 9.17) is 28.4 Å². The third-order valence-electron chi connectivity index (χ3n) is 10.2. The number of aromatic hydroxyl groups is 1. The number of pyridine rings is 1. The van der Waals surface area contributed by atoms with Crippen molar-refractivity contribution in [2.24, 2.45) is 0 Å². The minimum absolute atomic E-state index is 0.0200. The maximum Gasteiger partial charge on any atom is 0.413 e. The quantitative estimate of drug-likeness (QED) is 0.0226. The highest BCUT2D eigenvalue weighted by Crippen LogP contribution is 2.25. The molecule has 3 atom stereocenters. The molecular weight excluding hydrogens is 901 g/mol. The van der Waals surface area contributed by atoms with E-state index in [1.165, 1.54) is 6.20 Å². The molecule has 1 heterocycles. The van der Waals surface area contributed by atoms with E-state index in [9.17, 15) is 33.9 Å². The number of aromatic nitrogens is 1. The number of unbranched alkanes of at least 4 members (excludes halogenated alkanes) is 2. The van der Waals surface area contributed by atoms with Gasteiger partial charge in [0.2, 0.25) is 6.20 Å². The van der Waals surface area contributed by atoms with E-state index in [0.717, 1.165) is 17.5 Å². The summed E-state index contributed by atoms with van der Waals surface area (Å²) in [4.78, 5) is 79.8. The van der Waals surface area contributed by atoms with Crippen molar-refractivity contribution in [3.63, 3.8) is 0 Å². The number of benzene rings is 3. The summed E-state index contributed by atoms with van der Waals surface area (Å²) in [6.07, 6.45) is 2.86. The number of carbonyl (C=O) groups is 6. The Kier molecular flexibility index (Phi) is 22.0. The van der Waals surface area contributed by atoms with Crippen LogP contribution in [-0.2, 0) is 70.7 Å². The molecule has 17 nitrogen and oxygen atoms in total. The lowest BCUT2D eigenvalue weighted by molar-refractivity contribution is -0.698. The van der Waals surface area contributed by atoms with Gasteiger partial charge in [0.05, 0.1) is 6.61 Å². The fourth-order valence-corrected chi connectivity index (χ4v) is 6.88. The molecule has 0 aliphatic carbocycles. The highest BCUT2D eigenvalue weighted by molar-refractivity contribution is 5.83. The topological polar surface area (TPSA) is 218 Å². The van der Waals surface area contributed by atoms with E-state index < -0.39 is 65.5 Å². The highest BCUT2D eigenvalue weighted by Gasteiger charge is 2.32. The Morgan fingerprint density at radius 2 is 1.09 bits per heavy atom. The van der Waals surface area contributed by atoms with Gasteiger partial charge in [0.1, 0.15) is 54.8 Å². The number of nitrogens with zero attached hydrogens (tertiary/aromatic N) is 1. The standard InChI is InChI=1S/C53H68N4O13/c1-8-9-31-65-46(59)43(54-49(62)66-35-37-21-13-10-14-22-37)29-28-39-33-57(30-20-19-27-42(47(60)69-52(2,3)4)55-51(64)68-40-25-17-12-18-26-40)34-45(58)41(39)32-44(48(61)70-53(5,6)7)56-50(63)67-36-38-23-15-11-16-24-38/h10-18,21-26,33-34,42-44H,8-9,19-20,27-32,35-36H2,1-7H3,(H3-,54,55,56,58,62,63,64)/p+1. The van der Waals surface area contributed by atoms with Crippen LogP contribution in [0.25, 0.3) is 0 Å². The van der Waals surface area contributed by atoms with E-state index in [2.05, 4.69) is 16.0 Å². The van der Waals surface area contributed by atoms with Crippen LogP contribution in [0.4, 0.5) is 14.4 Å². The zero-order valence-corrected chi connectivity index (χ0v) is 41.3. The number of ether oxygens (including phenoxy) is 6. The van der Waals surface area contributed by atoms with Gasteiger partial charge in [-0.15, -0.1) is 0 Å². The molecule has 0 aliphatic heterocycles. The molecule has 3 amide bonds. The van der Waals surface area contributed by atoms with Gasteiger partial charge in [-0.25, -0.2) is 33.3 Å². The van der Waals surface area contributed by atoms with Crippen molar-refractivity contribution in [3.8, 4) is 11.5 Å². The van der Waals surface area contributed by atoms with Crippen LogP contribution in [0.15, 0.2) is 103 Å². The number of esters is 3. The average Bonchev–Trinajstić information content (AvgIpc) is 3.30. The third-order valence-corrected chi connectivity index (χ3v) is 10.2. The smallest absolute Gasteiger partial charge is 0.413 e. The summed E-state index contributed by atoms with van der Waals surface area (Å²) < 4.78 is 34.9. The summed E-state index contributed by atoms with van der Waals surface area (Å²) in [7, 11) is 0. The van der Waals surface area contributed by atoms with E-state index in [1.54, 1.807) is 119 Å². The fourth-order valence-electron chi connectivity index (χ4n) is 6.88. The lowest BCUT2D eigenvalue weighted by atomic mass is 9.96. The zero-order chi connectivity index (χ0) is 51.1. The predicted molar refractivity (Wildman–Crippen MR) is 258 cm³/mol. The van der Waals surface area contributed by atoms with Gasteiger partial charge in [-0.05, 0) is 96.9 Å². The van der Waals surface area contributed by atoms with Crippen LogP contribution in [-0.4, -0.2) is 77.2 Å². The van der Waals surface area contributed by atoms with Crippen LogP contribution in [0, 0.1) is 0 Å². The molecule has 0 saturated heterocycles. The maximum absolute atomic E-state index is 13.8. The van der Waals surface area contributed by atoms with Gasteiger partial charge in [-0.3, -0.25) is 0 Å². The van der Waals surface area contributed by atoms with Gasteiger partial charge < -0.3 is 49.5 Å². The van der Waals surface area contributed by atoms with Gasteiger partial charge in [0.25, 0.3) is 0 Å². The second-order valence-electron chi connectivity index (χ2n) is 18.6. The van der Waals surface area contributed by atoms with Gasteiger partial charge in [-0.2, -0.15) is 0 Å². The summed E-state index contributed by atoms with van der Waals surface area (Å²) in [6, 6.07) is 22.9. The van der Waals surface area contributed by atoms with Gasteiger partial charge in [0, 0.05) is 24.0 Å². The first-order valence-corrected chi connectivity index (χ1v) is 23.6. The Bertz CT molecular complexity index is 2300. The number of nitrogens with one attached hydrogen (secondary N) is 3. The SMILES string of the molecule is CCCCOC(=O)C(CCc1c[n+](CCCCC(NC(=O)Oc2ccccc2)C(=O)OC(C)(C)C)cc(O)c1CC(NC(=O)OCc1ccccc1)C(=O)OC(C)(C)C)NC(=O)OCc1ccccc1. The van der Waals surface area contributed by atoms with Crippen molar-refractivity contribution in [2.45, 2.75) is 149 Å². The van der Waals surface area contributed by atoms with E-state index in [-0.39, 0.29) is 56.8 Å². The molecule has 70 heavy (non-hydrogen) atoms. The molecule has 4 N–H and O–H groups in total. The Hall–Kier alpha value is -7.17. The Labute approximate surface area is 410 Å². The second-order valence-corrected chi connectivity index (χ2v) is 18.6. The summed E-state index contributed by atoms with van der Waals surface area (Å²) in [5.41, 5.74) is 0.425. The summed E-state index contributed by atoms with van der Waals surface area (Å²) in [5, 5.41) is 19.7. The number of hydrogen-bond donors (Lipinski definition) is 4. The average molecular weight is 970 g/mol. The van der Waals surface area contributed by atoms with E-state index in [1.807, 2.05) is 31.2 Å². The van der Waals surface area contributed by atoms with Crippen molar-refractivity contribution in [1.82, 2.24) is 16.0 Å². The zero-order valence-electron chi connectivity index (χ0n) is 41.3. The van der Waals surface area contributed by atoms with Crippen LogP contribution in [0.3, 0.4) is 0 Å². The van der Waals surface area contributed by atoms with Crippen LogP contribution in [0.5, 0.6) is 11.5 Å². The monoisotopic (exact) mass is 969 g/mol. The lowest BCUT2D eigenvalue weighted by Crippen LogP contribution is -2.46. The molecule has 17 heteroatoms. The van der Waals surface area contributed by atoms with Gasteiger partial charge in [0.15, 0.2) is 11.9 Å². The van der Waals surface area contributed by atoms with Crippen LogP contribution in [0.1, 0.15) is 109 Å². The predicted octanol–water partition coefficient (Wildman–Crippen LogP) is 8.10. The lowest BCUT2D eigenvalue weighted by Gasteiger charge is -2.25. The van der Waals surface area contributed by atoms with E-state index >= 15 is 0 Å². The molecule has 0 spiro atoms. The molecule has 378 valence electrons. The molecule has 0 bridgehead atoms. The molecule has 1 aromatic heterocycles. The van der Waals surface area contributed by atoms with Crippen LogP contribution < -0.4 is 25.3 Å². The molecule has 0 radical (unpaired) electrons. The number of amides is 3. The molecule has 0 fully saturated rings. The first-order valence-electron chi connectivity index (χ1n) is 23.6. The van der Waals surface area contributed by atoms with Crippen molar-refractivity contribution in [3.05, 3.63) is 126 Å². The highest BCUT2D eigenvalue weighted by atomic mass is 16.6. The molecule has 0 saturated carbocycles. The molecule has 4 aromatic rings. The largest absolute Gasteiger partial charge is 0.503 e. The van der Waals surface area contributed by atoms with Crippen molar-refractivity contribution >= 4 is 36.2 Å². The first kappa shape index (κ1) is 55.4. The number of rotatable bonds is 24. The normalized spacial score (nSPS) is 12.6. The van der Waals surface area contributed by atoms with E-state index in [0.29, 0.717) is 37.1 Å². The summed E-state index contributed by atoms with van der Waals surface area (Å²) in [5.74, 6) is -2.04. The number of alkyl carbamates (subject to hydrolysis) is 2. The van der Waals surface area contributed by atoms with Gasteiger partial charge >= 0.3 is 36.2 Å². The minimum Gasteiger partial charge on any atom is -0.503 e. The Morgan fingerprint density at radius 3 is 1.63 bits per heavy atom. The maximum atomic E-state index is 13.8. The van der Waals surface area contributed by atoms with Crippen molar-refractivity contribution in [1.29, 1.82) is 0 Å². The Balaban J connectivity index is 1.61. The first-order chi connectivity index (χ1) is 33.3. The molecule has 3 unspecified atom stereocenters. The third kappa shape index (κ3) is 21.0. The molecule has 4 rings (SSSR count). The second kappa shape index (κ2) is 27.7.